The molecule has 0 radical (unpaired) electrons. The fourth-order valence-electron chi connectivity index (χ4n) is 4.92. The molecule has 0 amide bonds. The molecule has 0 unspecified atom stereocenters. The molecule has 1 fully saturated rings. The van der Waals surface area contributed by atoms with E-state index in [2.05, 4.69) is 0 Å². The van der Waals surface area contributed by atoms with Crippen molar-refractivity contribution in [2.24, 2.45) is 0 Å². The molecule has 1 aromatic carbocycles. The lowest BCUT2D eigenvalue weighted by Gasteiger charge is -2.44. The standard InChI is InChI=1S/C28H38O11/c1-13-14(2)23-20(10-11-28(8,9)39-23)15(3)22(13)38-27-26(36-19(7)32)25(35-18(6)31)24(34-17(5)30)21(37-27)12-33-16(4)29/h21,24-27H,10-12H2,1-9H3/t21-,24-,25+,26-,27-/m1/s1. The normalized spacial score (nSPS) is 25.4. The number of hydrogen-bond acceptors (Lipinski definition) is 11. The molecule has 11 heteroatoms. The van der Waals surface area contributed by atoms with Crippen molar-refractivity contribution in [1.29, 1.82) is 0 Å². The first-order chi connectivity index (χ1) is 18.1. The molecule has 5 atom stereocenters. The summed E-state index contributed by atoms with van der Waals surface area (Å²) in [5, 5.41) is 0. The zero-order valence-corrected chi connectivity index (χ0v) is 24.0. The number of fused-ring (bicyclic) bond motifs is 1. The lowest BCUT2D eigenvalue weighted by Crippen LogP contribution is -2.63. The maximum absolute atomic E-state index is 12.1. The molecule has 0 N–H and O–H groups in total. The van der Waals surface area contributed by atoms with Gasteiger partial charge < -0.3 is 33.2 Å². The lowest BCUT2D eigenvalue weighted by molar-refractivity contribution is -0.288. The number of carbonyl (C=O) groups excluding carboxylic acids is 4. The molecule has 216 valence electrons. The minimum absolute atomic E-state index is 0.307. The highest BCUT2D eigenvalue weighted by Crippen LogP contribution is 2.44. The summed E-state index contributed by atoms with van der Waals surface area (Å²) in [6.07, 6.45) is -4.69. The fraction of sp³-hybridized carbons (Fsp3) is 0.643. The predicted molar refractivity (Wildman–Crippen MR) is 136 cm³/mol. The van der Waals surface area contributed by atoms with Crippen LogP contribution >= 0.6 is 0 Å². The van der Waals surface area contributed by atoms with Gasteiger partial charge in [-0.05, 0) is 64.2 Å². The van der Waals surface area contributed by atoms with Crippen LogP contribution in [0.4, 0.5) is 0 Å². The first-order valence-electron chi connectivity index (χ1n) is 12.9. The second-order valence-electron chi connectivity index (χ2n) is 10.6. The molecule has 2 aliphatic heterocycles. The Morgan fingerprint density at radius 1 is 0.795 bits per heavy atom. The first-order valence-corrected chi connectivity index (χ1v) is 12.9. The van der Waals surface area contributed by atoms with E-state index < -0.39 is 54.6 Å². The molecule has 2 aliphatic rings. The Labute approximate surface area is 228 Å². The Morgan fingerprint density at radius 2 is 1.36 bits per heavy atom. The smallest absolute Gasteiger partial charge is 0.303 e. The molecule has 1 saturated heterocycles. The monoisotopic (exact) mass is 550 g/mol. The first kappa shape index (κ1) is 30.2. The average Bonchev–Trinajstić information content (AvgIpc) is 2.81. The zero-order chi connectivity index (χ0) is 29.2. The number of hydrogen-bond donors (Lipinski definition) is 0. The topological polar surface area (TPSA) is 133 Å². The number of rotatable bonds is 7. The summed E-state index contributed by atoms with van der Waals surface area (Å²) >= 11 is 0. The summed E-state index contributed by atoms with van der Waals surface area (Å²) in [7, 11) is 0. The maximum atomic E-state index is 12.1. The van der Waals surface area contributed by atoms with Crippen molar-refractivity contribution in [2.45, 2.75) is 111 Å². The van der Waals surface area contributed by atoms with E-state index in [0.717, 1.165) is 40.8 Å². The van der Waals surface area contributed by atoms with Gasteiger partial charge in [-0.15, -0.1) is 0 Å². The largest absolute Gasteiger partial charge is 0.487 e. The van der Waals surface area contributed by atoms with E-state index in [0.29, 0.717) is 5.75 Å². The molecular weight excluding hydrogens is 512 g/mol. The SMILES string of the molecule is CC(=O)OC[C@H]1O[C@H](Oc2c(C)c(C)c3c(c2C)CCC(C)(C)O3)[C@H](OC(C)=O)[C@@H](OC(C)=O)[C@@H]1OC(C)=O. The molecule has 39 heavy (non-hydrogen) atoms. The Hall–Kier alpha value is -3.34. The van der Waals surface area contributed by atoms with Crippen LogP contribution in [-0.2, 0) is 49.3 Å². The van der Waals surface area contributed by atoms with Crippen LogP contribution in [0.15, 0.2) is 0 Å². The molecular formula is C28H38O11. The summed E-state index contributed by atoms with van der Waals surface area (Å²) in [5.41, 5.74) is 3.20. The Bertz CT molecular complexity index is 1140. The maximum Gasteiger partial charge on any atom is 0.303 e. The van der Waals surface area contributed by atoms with Gasteiger partial charge in [0.1, 0.15) is 29.8 Å². The van der Waals surface area contributed by atoms with Crippen LogP contribution < -0.4 is 9.47 Å². The number of carbonyl (C=O) groups is 4. The predicted octanol–water partition coefficient (Wildman–Crippen LogP) is 3.18. The van der Waals surface area contributed by atoms with Crippen LogP contribution in [0.25, 0.3) is 0 Å². The van der Waals surface area contributed by atoms with Crippen molar-refractivity contribution in [1.82, 2.24) is 0 Å². The van der Waals surface area contributed by atoms with Gasteiger partial charge in [0.2, 0.25) is 12.4 Å². The summed E-state index contributed by atoms with van der Waals surface area (Å²) in [5.74, 6) is -1.39. The molecule has 2 heterocycles. The number of esters is 4. The van der Waals surface area contributed by atoms with E-state index in [4.69, 9.17) is 33.2 Å². The van der Waals surface area contributed by atoms with Crippen molar-refractivity contribution in [2.75, 3.05) is 6.61 Å². The van der Waals surface area contributed by atoms with Gasteiger partial charge in [-0.2, -0.15) is 0 Å². The highest BCUT2D eigenvalue weighted by atomic mass is 16.7. The van der Waals surface area contributed by atoms with E-state index in [1.165, 1.54) is 27.7 Å². The van der Waals surface area contributed by atoms with Crippen LogP contribution in [0.5, 0.6) is 11.5 Å². The minimum Gasteiger partial charge on any atom is -0.487 e. The van der Waals surface area contributed by atoms with Gasteiger partial charge in [-0.25, -0.2) is 0 Å². The zero-order valence-electron chi connectivity index (χ0n) is 24.0. The van der Waals surface area contributed by atoms with Crippen LogP contribution in [0.2, 0.25) is 0 Å². The van der Waals surface area contributed by atoms with E-state index in [1.54, 1.807) is 0 Å². The molecule has 3 rings (SSSR count). The van der Waals surface area contributed by atoms with Crippen LogP contribution in [0.1, 0.15) is 70.2 Å². The van der Waals surface area contributed by atoms with Gasteiger partial charge in [-0.3, -0.25) is 19.2 Å². The molecule has 0 aliphatic carbocycles. The Kier molecular flexibility index (Phi) is 9.15. The van der Waals surface area contributed by atoms with Gasteiger partial charge in [0.25, 0.3) is 0 Å². The van der Waals surface area contributed by atoms with E-state index in [1.807, 2.05) is 34.6 Å². The van der Waals surface area contributed by atoms with E-state index in [9.17, 15) is 19.2 Å². The van der Waals surface area contributed by atoms with Crippen molar-refractivity contribution in [3.05, 3.63) is 22.3 Å². The van der Waals surface area contributed by atoms with Crippen molar-refractivity contribution >= 4 is 23.9 Å². The van der Waals surface area contributed by atoms with E-state index >= 15 is 0 Å². The molecule has 0 bridgehead atoms. The van der Waals surface area contributed by atoms with Gasteiger partial charge in [0, 0.05) is 33.3 Å². The van der Waals surface area contributed by atoms with Gasteiger partial charge in [0.05, 0.1) is 0 Å². The Balaban J connectivity index is 2.09. The van der Waals surface area contributed by atoms with Crippen LogP contribution in [0.3, 0.4) is 0 Å². The minimum atomic E-state index is -1.31. The highest BCUT2D eigenvalue weighted by Gasteiger charge is 2.53. The fourth-order valence-corrected chi connectivity index (χ4v) is 4.92. The summed E-state index contributed by atoms with van der Waals surface area (Å²) in [6.45, 7) is 14.2. The van der Waals surface area contributed by atoms with Crippen molar-refractivity contribution in [3.63, 3.8) is 0 Å². The third-order valence-electron chi connectivity index (χ3n) is 6.85. The second-order valence-corrected chi connectivity index (χ2v) is 10.6. The van der Waals surface area contributed by atoms with Crippen molar-refractivity contribution in [3.8, 4) is 11.5 Å². The molecule has 0 spiro atoms. The van der Waals surface area contributed by atoms with Gasteiger partial charge in [0.15, 0.2) is 12.2 Å². The van der Waals surface area contributed by atoms with Crippen LogP contribution in [0, 0.1) is 20.8 Å². The molecule has 11 nitrogen and oxygen atoms in total. The lowest BCUT2D eigenvalue weighted by atomic mass is 9.88. The molecule has 0 saturated carbocycles. The quantitative estimate of drug-likeness (QED) is 0.366. The Morgan fingerprint density at radius 3 is 1.92 bits per heavy atom. The molecule has 0 aromatic heterocycles. The summed E-state index contributed by atoms with van der Waals surface area (Å²) in [6, 6.07) is 0. The third kappa shape index (κ3) is 7.00. The van der Waals surface area contributed by atoms with Gasteiger partial charge >= 0.3 is 23.9 Å². The van der Waals surface area contributed by atoms with Crippen molar-refractivity contribution < 1.29 is 52.3 Å². The third-order valence-corrected chi connectivity index (χ3v) is 6.85. The van der Waals surface area contributed by atoms with Gasteiger partial charge in [-0.1, -0.05) is 0 Å². The highest BCUT2D eigenvalue weighted by molar-refractivity contribution is 5.69. The number of ether oxygens (including phenoxy) is 7. The second kappa shape index (κ2) is 11.8. The molecule has 1 aromatic rings. The summed E-state index contributed by atoms with van der Waals surface area (Å²) < 4.78 is 40.5. The number of benzene rings is 1. The average molecular weight is 551 g/mol. The van der Waals surface area contributed by atoms with E-state index in [-0.39, 0.29) is 12.2 Å². The summed E-state index contributed by atoms with van der Waals surface area (Å²) in [4.78, 5) is 47.8. The van der Waals surface area contributed by atoms with Crippen LogP contribution in [-0.4, -0.2) is 66.8 Å².